The number of aromatic nitrogens is 2. The number of nitrogens with zero attached hydrogens (tertiary/aromatic N) is 2. The van der Waals surface area contributed by atoms with Gasteiger partial charge in [-0.05, 0) is 25.3 Å². The molecule has 0 aliphatic heterocycles. The fourth-order valence-electron chi connectivity index (χ4n) is 1.36. The molecule has 0 fully saturated rings. The Labute approximate surface area is 97.7 Å². The van der Waals surface area contributed by atoms with Gasteiger partial charge in [-0.2, -0.15) is 0 Å². The number of hydrogen-bond donors (Lipinski definition) is 1. The lowest BCUT2D eigenvalue weighted by Gasteiger charge is -2.09. The van der Waals surface area contributed by atoms with Crippen LogP contribution in [0.2, 0.25) is 0 Å². The van der Waals surface area contributed by atoms with Gasteiger partial charge in [-0.1, -0.05) is 13.8 Å². The van der Waals surface area contributed by atoms with E-state index in [4.69, 9.17) is 6.42 Å². The van der Waals surface area contributed by atoms with Gasteiger partial charge in [0.1, 0.15) is 0 Å². The molecule has 1 aromatic heterocycles. The van der Waals surface area contributed by atoms with Crippen LogP contribution in [0.4, 0.5) is 5.95 Å². The van der Waals surface area contributed by atoms with Crippen LogP contribution in [0.25, 0.3) is 0 Å². The van der Waals surface area contributed by atoms with Crippen LogP contribution in [-0.4, -0.2) is 16.5 Å². The van der Waals surface area contributed by atoms with Crippen LogP contribution in [-0.2, 0) is 0 Å². The smallest absolute Gasteiger partial charge is 0.223 e. The summed E-state index contributed by atoms with van der Waals surface area (Å²) in [5.41, 5.74) is 2.07. The Hall–Kier alpha value is -1.56. The van der Waals surface area contributed by atoms with Crippen molar-refractivity contribution in [2.24, 2.45) is 0 Å². The average Bonchev–Trinajstić information content (AvgIpc) is 2.23. The molecule has 3 heteroatoms. The Kier molecular flexibility index (Phi) is 4.78. The minimum atomic E-state index is 0.424. The number of aryl methyl sites for hydroxylation is 1. The van der Waals surface area contributed by atoms with E-state index in [0.717, 1.165) is 30.8 Å². The SMILES string of the molecule is C#CCCCNc1nc(C)cc(C(C)C)n1. The van der Waals surface area contributed by atoms with Crippen LogP contribution in [0.1, 0.15) is 44.0 Å². The van der Waals surface area contributed by atoms with Crippen molar-refractivity contribution >= 4 is 5.95 Å². The van der Waals surface area contributed by atoms with Crippen LogP contribution < -0.4 is 5.32 Å². The Morgan fingerprint density at radius 1 is 1.44 bits per heavy atom. The molecule has 0 bridgehead atoms. The normalized spacial score (nSPS) is 10.2. The average molecular weight is 217 g/mol. The van der Waals surface area contributed by atoms with E-state index in [-0.39, 0.29) is 0 Å². The monoisotopic (exact) mass is 217 g/mol. The van der Waals surface area contributed by atoms with E-state index in [1.54, 1.807) is 0 Å². The van der Waals surface area contributed by atoms with Crippen molar-refractivity contribution in [1.29, 1.82) is 0 Å². The van der Waals surface area contributed by atoms with E-state index < -0.39 is 0 Å². The van der Waals surface area contributed by atoms with Gasteiger partial charge in [0, 0.05) is 24.4 Å². The van der Waals surface area contributed by atoms with Crippen molar-refractivity contribution in [3.8, 4) is 12.3 Å². The van der Waals surface area contributed by atoms with Gasteiger partial charge in [0.05, 0.1) is 0 Å². The van der Waals surface area contributed by atoms with E-state index in [1.165, 1.54) is 0 Å². The van der Waals surface area contributed by atoms with Crippen molar-refractivity contribution in [2.45, 2.75) is 39.5 Å². The third-order valence-electron chi connectivity index (χ3n) is 2.25. The highest BCUT2D eigenvalue weighted by atomic mass is 15.1. The number of nitrogens with one attached hydrogen (secondary N) is 1. The summed E-state index contributed by atoms with van der Waals surface area (Å²) in [6.45, 7) is 7.07. The van der Waals surface area contributed by atoms with Crippen LogP contribution in [0.15, 0.2) is 6.07 Å². The molecule has 0 saturated heterocycles. The van der Waals surface area contributed by atoms with Gasteiger partial charge < -0.3 is 5.32 Å². The molecule has 3 nitrogen and oxygen atoms in total. The minimum absolute atomic E-state index is 0.424. The van der Waals surface area contributed by atoms with Crippen molar-refractivity contribution in [2.75, 3.05) is 11.9 Å². The number of terminal acetylenes is 1. The summed E-state index contributed by atoms with van der Waals surface area (Å²) in [4.78, 5) is 8.80. The van der Waals surface area contributed by atoms with Crippen LogP contribution in [0.3, 0.4) is 0 Å². The third kappa shape index (κ3) is 3.90. The van der Waals surface area contributed by atoms with E-state index in [9.17, 15) is 0 Å². The molecule has 0 radical (unpaired) electrons. The molecule has 1 rings (SSSR count). The Balaban J connectivity index is 2.62. The standard InChI is InChI=1S/C13H19N3/c1-5-6-7-8-14-13-15-11(4)9-12(16-13)10(2)3/h1,9-10H,6-8H2,2-4H3,(H,14,15,16). The minimum Gasteiger partial charge on any atom is -0.354 e. The molecule has 1 aromatic rings. The predicted octanol–water partition coefficient (Wildman–Crippen LogP) is 2.73. The highest BCUT2D eigenvalue weighted by Crippen LogP contribution is 2.14. The first-order valence-corrected chi connectivity index (χ1v) is 5.66. The molecular formula is C13H19N3. The molecule has 1 heterocycles. The van der Waals surface area contributed by atoms with Crippen molar-refractivity contribution in [3.63, 3.8) is 0 Å². The van der Waals surface area contributed by atoms with Gasteiger partial charge >= 0.3 is 0 Å². The summed E-state index contributed by atoms with van der Waals surface area (Å²) in [5.74, 6) is 3.75. The Morgan fingerprint density at radius 3 is 2.81 bits per heavy atom. The molecule has 1 N–H and O–H groups in total. The van der Waals surface area contributed by atoms with Crippen LogP contribution in [0, 0.1) is 19.3 Å². The largest absolute Gasteiger partial charge is 0.354 e. The first kappa shape index (κ1) is 12.5. The second kappa shape index (κ2) is 6.12. The second-order valence-electron chi connectivity index (χ2n) is 4.15. The zero-order valence-corrected chi connectivity index (χ0v) is 10.2. The van der Waals surface area contributed by atoms with Gasteiger partial charge in [0.15, 0.2) is 0 Å². The molecular weight excluding hydrogens is 198 g/mol. The van der Waals surface area contributed by atoms with Crippen LogP contribution >= 0.6 is 0 Å². The first-order valence-electron chi connectivity index (χ1n) is 5.66. The topological polar surface area (TPSA) is 37.8 Å². The van der Waals surface area contributed by atoms with Gasteiger partial charge in [-0.15, -0.1) is 12.3 Å². The molecule has 0 unspecified atom stereocenters. The number of rotatable bonds is 5. The maximum atomic E-state index is 5.19. The third-order valence-corrected chi connectivity index (χ3v) is 2.25. The molecule has 0 spiro atoms. The lowest BCUT2D eigenvalue weighted by Crippen LogP contribution is -2.08. The van der Waals surface area contributed by atoms with E-state index in [1.807, 2.05) is 13.0 Å². The molecule has 0 aliphatic carbocycles. The lowest BCUT2D eigenvalue weighted by molar-refractivity contribution is 0.804. The summed E-state index contributed by atoms with van der Waals surface area (Å²) >= 11 is 0. The summed E-state index contributed by atoms with van der Waals surface area (Å²) in [7, 11) is 0. The van der Waals surface area contributed by atoms with Crippen molar-refractivity contribution in [3.05, 3.63) is 17.5 Å². The predicted molar refractivity (Wildman–Crippen MR) is 67.4 cm³/mol. The molecule has 16 heavy (non-hydrogen) atoms. The molecule has 86 valence electrons. The van der Waals surface area contributed by atoms with Gasteiger partial charge in [0.25, 0.3) is 0 Å². The van der Waals surface area contributed by atoms with Crippen molar-refractivity contribution < 1.29 is 0 Å². The van der Waals surface area contributed by atoms with E-state index >= 15 is 0 Å². The highest BCUT2D eigenvalue weighted by molar-refractivity contribution is 5.28. The molecule has 0 aromatic carbocycles. The zero-order chi connectivity index (χ0) is 12.0. The number of unbranched alkanes of at least 4 members (excludes halogenated alkanes) is 1. The summed E-state index contributed by atoms with van der Waals surface area (Å²) in [6.07, 6.45) is 6.92. The van der Waals surface area contributed by atoms with E-state index in [2.05, 4.69) is 35.1 Å². The Morgan fingerprint density at radius 2 is 2.19 bits per heavy atom. The highest BCUT2D eigenvalue weighted by Gasteiger charge is 2.04. The fraction of sp³-hybridized carbons (Fsp3) is 0.538. The molecule has 0 atom stereocenters. The van der Waals surface area contributed by atoms with E-state index in [0.29, 0.717) is 11.9 Å². The molecule has 0 saturated carbocycles. The second-order valence-corrected chi connectivity index (χ2v) is 4.15. The summed E-state index contributed by atoms with van der Waals surface area (Å²) < 4.78 is 0. The summed E-state index contributed by atoms with van der Waals surface area (Å²) in [5, 5.41) is 3.20. The Bertz CT molecular complexity index is 377. The van der Waals surface area contributed by atoms with Gasteiger partial charge in [0.2, 0.25) is 5.95 Å². The first-order chi connectivity index (χ1) is 7.63. The molecule has 0 aliphatic rings. The van der Waals surface area contributed by atoms with Gasteiger partial charge in [-0.3, -0.25) is 0 Å². The lowest BCUT2D eigenvalue weighted by atomic mass is 10.1. The maximum absolute atomic E-state index is 5.19. The number of hydrogen-bond acceptors (Lipinski definition) is 3. The number of anilines is 1. The van der Waals surface area contributed by atoms with Gasteiger partial charge in [-0.25, -0.2) is 9.97 Å². The quantitative estimate of drug-likeness (QED) is 0.608. The fourth-order valence-corrected chi connectivity index (χ4v) is 1.36. The molecule has 0 amide bonds. The zero-order valence-electron chi connectivity index (χ0n) is 10.2. The maximum Gasteiger partial charge on any atom is 0.223 e. The summed E-state index contributed by atoms with van der Waals surface area (Å²) in [6, 6.07) is 2.03. The van der Waals surface area contributed by atoms with Crippen molar-refractivity contribution in [1.82, 2.24) is 9.97 Å². The van der Waals surface area contributed by atoms with Crippen LogP contribution in [0.5, 0.6) is 0 Å².